The summed E-state index contributed by atoms with van der Waals surface area (Å²) in [5.74, 6) is -0.246. The van der Waals surface area contributed by atoms with E-state index in [0.29, 0.717) is 19.6 Å². The van der Waals surface area contributed by atoms with Gasteiger partial charge in [0.25, 0.3) is 5.91 Å². The fraction of sp³-hybridized carbons (Fsp3) is 0.400. The van der Waals surface area contributed by atoms with E-state index in [1.165, 1.54) is 4.88 Å². The first-order chi connectivity index (χ1) is 12.6. The van der Waals surface area contributed by atoms with Crippen LogP contribution in [-0.2, 0) is 20.7 Å². The summed E-state index contributed by atoms with van der Waals surface area (Å²) in [5, 5.41) is 2.05. The lowest BCUT2D eigenvalue weighted by molar-refractivity contribution is -0.164. The van der Waals surface area contributed by atoms with Crippen molar-refractivity contribution in [1.29, 1.82) is 0 Å². The molecule has 5 nitrogen and oxygen atoms in total. The van der Waals surface area contributed by atoms with Gasteiger partial charge in [-0.25, -0.2) is 0 Å². The topological polar surface area (TPSA) is 72.6 Å². The molecular formula is C20H22N2O3S. The molecule has 1 atom stereocenters. The number of hydrogen-bond acceptors (Lipinski definition) is 4. The van der Waals surface area contributed by atoms with Gasteiger partial charge < -0.3 is 15.4 Å². The van der Waals surface area contributed by atoms with Crippen LogP contribution in [0.15, 0.2) is 41.8 Å². The normalized spacial score (nSPS) is 23.0. The molecule has 0 radical (unpaired) electrons. The number of thiophene rings is 1. The molecule has 6 heteroatoms. The second-order valence-corrected chi connectivity index (χ2v) is 8.04. The molecule has 1 aromatic heterocycles. The number of benzene rings is 1. The Morgan fingerprint density at radius 2 is 2.00 bits per heavy atom. The van der Waals surface area contributed by atoms with E-state index in [9.17, 15) is 9.59 Å². The largest absolute Gasteiger partial charge is 0.367 e. The molecule has 1 saturated heterocycles. The molecule has 2 aliphatic rings. The average molecular weight is 370 g/mol. The SMILES string of the molecule is NC(=O)C1(Cc2ccc(-c3cccs3)cc2)CN(C(=O)C2CC2)CCO1. The fourth-order valence-electron chi connectivity index (χ4n) is 3.46. The van der Waals surface area contributed by atoms with Gasteiger partial charge >= 0.3 is 0 Å². The first-order valence-electron chi connectivity index (χ1n) is 8.93. The number of rotatable bonds is 5. The Morgan fingerprint density at radius 3 is 2.62 bits per heavy atom. The van der Waals surface area contributed by atoms with Crippen LogP contribution >= 0.6 is 11.3 Å². The van der Waals surface area contributed by atoms with Gasteiger partial charge in [0, 0.05) is 23.8 Å². The van der Waals surface area contributed by atoms with Crippen molar-refractivity contribution in [3.8, 4) is 10.4 Å². The Morgan fingerprint density at radius 1 is 1.23 bits per heavy atom. The molecular weight excluding hydrogens is 348 g/mol. The Bertz CT molecular complexity index is 799. The van der Waals surface area contributed by atoms with Gasteiger partial charge in [-0.1, -0.05) is 30.3 Å². The van der Waals surface area contributed by atoms with Crippen molar-refractivity contribution in [2.24, 2.45) is 11.7 Å². The van der Waals surface area contributed by atoms with Crippen molar-refractivity contribution in [3.63, 3.8) is 0 Å². The number of carbonyl (C=O) groups is 2. The first-order valence-corrected chi connectivity index (χ1v) is 9.81. The van der Waals surface area contributed by atoms with Crippen LogP contribution in [0.5, 0.6) is 0 Å². The van der Waals surface area contributed by atoms with Crippen LogP contribution in [0.1, 0.15) is 18.4 Å². The number of hydrogen-bond donors (Lipinski definition) is 1. The molecule has 1 aromatic carbocycles. The molecule has 2 aromatic rings. The highest BCUT2D eigenvalue weighted by molar-refractivity contribution is 7.13. The summed E-state index contributed by atoms with van der Waals surface area (Å²) in [4.78, 5) is 27.6. The first kappa shape index (κ1) is 17.2. The number of nitrogens with zero attached hydrogens (tertiary/aromatic N) is 1. The molecule has 1 aliphatic carbocycles. The van der Waals surface area contributed by atoms with Gasteiger partial charge in [0.2, 0.25) is 5.91 Å². The maximum atomic E-state index is 12.4. The summed E-state index contributed by atoms with van der Waals surface area (Å²) in [7, 11) is 0. The summed E-state index contributed by atoms with van der Waals surface area (Å²) in [5.41, 5.74) is 6.69. The summed E-state index contributed by atoms with van der Waals surface area (Å²) >= 11 is 1.69. The van der Waals surface area contributed by atoms with Crippen molar-refractivity contribution in [2.75, 3.05) is 19.7 Å². The second-order valence-electron chi connectivity index (χ2n) is 7.09. The molecule has 1 unspecified atom stereocenters. The van der Waals surface area contributed by atoms with E-state index in [1.54, 1.807) is 16.2 Å². The maximum Gasteiger partial charge on any atom is 0.251 e. The second kappa shape index (κ2) is 6.85. The van der Waals surface area contributed by atoms with Crippen LogP contribution in [-0.4, -0.2) is 42.0 Å². The summed E-state index contributed by atoms with van der Waals surface area (Å²) in [6.07, 6.45) is 2.27. The molecule has 4 rings (SSSR count). The summed E-state index contributed by atoms with van der Waals surface area (Å²) < 4.78 is 5.85. The predicted octanol–water partition coefficient (Wildman–Crippen LogP) is 2.45. The van der Waals surface area contributed by atoms with Crippen molar-refractivity contribution in [1.82, 2.24) is 4.90 Å². The van der Waals surface area contributed by atoms with Crippen molar-refractivity contribution in [3.05, 3.63) is 47.3 Å². The van der Waals surface area contributed by atoms with E-state index in [0.717, 1.165) is 24.0 Å². The average Bonchev–Trinajstić information content (AvgIpc) is 3.36. The third-order valence-corrected chi connectivity index (χ3v) is 6.04. The van der Waals surface area contributed by atoms with Crippen LogP contribution in [0.2, 0.25) is 0 Å². The molecule has 26 heavy (non-hydrogen) atoms. The zero-order valence-electron chi connectivity index (χ0n) is 14.5. The number of amides is 2. The molecule has 1 aliphatic heterocycles. The van der Waals surface area contributed by atoms with Crippen LogP contribution in [0.25, 0.3) is 10.4 Å². The van der Waals surface area contributed by atoms with E-state index >= 15 is 0 Å². The molecule has 2 N–H and O–H groups in total. The zero-order chi connectivity index (χ0) is 18.1. The Labute approximate surface area is 156 Å². The minimum atomic E-state index is -1.15. The van der Waals surface area contributed by atoms with E-state index in [2.05, 4.69) is 6.07 Å². The van der Waals surface area contributed by atoms with Gasteiger partial charge in [0.1, 0.15) is 0 Å². The van der Waals surface area contributed by atoms with E-state index in [4.69, 9.17) is 10.5 Å². The third-order valence-electron chi connectivity index (χ3n) is 5.12. The van der Waals surface area contributed by atoms with Gasteiger partial charge in [0.05, 0.1) is 13.2 Å². The third kappa shape index (κ3) is 3.39. The summed E-state index contributed by atoms with van der Waals surface area (Å²) in [6, 6.07) is 12.2. The van der Waals surface area contributed by atoms with Crippen molar-refractivity contribution >= 4 is 23.2 Å². The molecule has 2 fully saturated rings. The predicted molar refractivity (Wildman–Crippen MR) is 101 cm³/mol. The number of nitrogens with two attached hydrogens (primary N) is 1. The fourth-order valence-corrected chi connectivity index (χ4v) is 4.20. The zero-order valence-corrected chi connectivity index (χ0v) is 15.3. The van der Waals surface area contributed by atoms with Gasteiger partial charge in [0.15, 0.2) is 5.60 Å². The molecule has 136 valence electrons. The van der Waals surface area contributed by atoms with Crippen LogP contribution in [0, 0.1) is 5.92 Å². The number of carbonyl (C=O) groups excluding carboxylic acids is 2. The van der Waals surface area contributed by atoms with Gasteiger partial charge in [-0.3, -0.25) is 9.59 Å². The number of primary amides is 1. The monoisotopic (exact) mass is 370 g/mol. The van der Waals surface area contributed by atoms with Crippen molar-refractivity contribution < 1.29 is 14.3 Å². The summed E-state index contributed by atoms with van der Waals surface area (Å²) in [6.45, 7) is 1.11. The van der Waals surface area contributed by atoms with E-state index in [-0.39, 0.29) is 18.4 Å². The van der Waals surface area contributed by atoms with E-state index in [1.807, 2.05) is 35.7 Å². The lowest BCUT2D eigenvalue weighted by Gasteiger charge is -2.41. The standard InChI is InChI=1S/C20H22N2O3S/c21-19(24)20(13-22(9-10-25-20)18(23)16-7-8-16)12-14-3-5-15(6-4-14)17-2-1-11-26-17/h1-6,11,16H,7-10,12-13H2,(H2,21,24). The number of morpholine rings is 1. The highest BCUT2D eigenvalue weighted by Gasteiger charge is 2.45. The van der Waals surface area contributed by atoms with Gasteiger partial charge in [-0.05, 0) is 35.4 Å². The smallest absolute Gasteiger partial charge is 0.251 e. The maximum absolute atomic E-state index is 12.4. The Kier molecular flexibility index (Phi) is 4.54. The Hall–Kier alpha value is -2.18. The number of ether oxygens (including phenoxy) is 1. The van der Waals surface area contributed by atoms with Crippen LogP contribution < -0.4 is 5.73 Å². The lowest BCUT2D eigenvalue weighted by atomic mass is 9.91. The highest BCUT2D eigenvalue weighted by Crippen LogP contribution is 2.33. The minimum Gasteiger partial charge on any atom is -0.367 e. The molecule has 1 saturated carbocycles. The van der Waals surface area contributed by atoms with Gasteiger partial charge in [-0.2, -0.15) is 0 Å². The van der Waals surface area contributed by atoms with Crippen LogP contribution in [0.4, 0.5) is 0 Å². The lowest BCUT2D eigenvalue weighted by Crippen LogP contribution is -2.61. The van der Waals surface area contributed by atoms with E-state index < -0.39 is 11.5 Å². The Balaban J connectivity index is 1.52. The van der Waals surface area contributed by atoms with Crippen LogP contribution in [0.3, 0.4) is 0 Å². The highest BCUT2D eigenvalue weighted by atomic mass is 32.1. The molecule has 0 spiro atoms. The molecule has 2 amide bonds. The quantitative estimate of drug-likeness (QED) is 0.879. The minimum absolute atomic E-state index is 0.128. The van der Waals surface area contributed by atoms with Crippen molar-refractivity contribution in [2.45, 2.75) is 24.9 Å². The molecule has 0 bridgehead atoms. The molecule has 2 heterocycles. The van der Waals surface area contributed by atoms with Gasteiger partial charge in [-0.15, -0.1) is 11.3 Å².